The highest BCUT2D eigenvalue weighted by Gasteiger charge is 2.29. The number of anilines is 2. The number of non-ortho nitro benzene ring substituents is 1. The first kappa shape index (κ1) is 23.9. The van der Waals surface area contributed by atoms with Crippen molar-refractivity contribution in [2.24, 2.45) is 0 Å². The molecule has 10 heteroatoms. The van der Waals surface area contributed by atoms with Gasteiger partial charge in [-0.1, -0.05) is 24.3 Å². The fourth-order valence-corrected chi connectivity index (χ4v) is 4.39. The van der Waals surface area contributed by atoms with E-state index in [9.17, 15) is 19.7 Å². The van der Waals surface area contributed by atoms with Crippen molar-refractivity contribution in [3.63, 3.8) is 0 Å². The van der Waals surface area contributed by atoms with Gasteiger partial charge in [-0.3, -0.25) is 19.7 Å². The number of fused-ring (bicyclic) bond motifs is 1. The second kappa shape index (κ2) is 10.0. The van der Waals surface area contributed by atoms with E-state index < -0.39 is 10.8 Å². The summed E-state index contributed by atoms with van der Waals surface area (Å²) in [5.74, 6) is -0.125. The predicted octanol–water partition coefficient (Wildman–Crippen LogP) is 4.56. The van der Waals surface area contributed by atoms with Crippen LogP contribution in [0.2, 0.25) is 0 Å². The van der Waals surface area contributed by atoms with Crippen LogP contribution in [0.3, 0.4) is 0 Å². The molecule has 0 aliphatic carbocycles. The Balaban J connectivity index is 1.38. The molecular formula is C27H24N4O6. The number of piperazine rings is 1. The third kappa shape index (κ3) is 4.81. The van der Waals surface area contributed by atoms with Gasteiger partial charge in [-0.2, -0.15) is 0 Å². The minimum atomic E-state index is -0.577. The van der Waals surface area contributed by atoms with E-state index in [-0.39, 0.29) is 28.6 Å². The van der Waals surface area contributed by atoms with E-state index in [0.29, 0.717) is 37.1 Å². The fourth-order valence-electron chi connectivity index (χ4n) is 4.39. The Bertz CT molecular complexity index is 1490. The maximum atomic E-state index is 13.5. The van der Waals surface area contributed by atoms with E-state index in [1.54, 1.807) is 36.3 Å². The number of nitrogens with zero attached hydrogens (tertiary/aromatic N) is 3. The second-order valence-electron chi connectivity index (χ2n) is 8.54. The van der Waals surface area contributed by atoms with E-state index in [1.807, 2.05) is 24.3 Å². The summed E-state index contributed by atoms with van der Waals surface area (Å²) in [5.41, 5.74) is 1.61. The van der Waals surface area contributed by atoms with Gasteiger partial charge in [-0.05, 0) is 30.3 Å². The zero-order valence-electron chi connectivity index (χ0n) is 20.0. The Kier molecular flexibility index (Phi) is 6.46. The highest BCUT2D eigenvalue weighted by Crippen LogP contribution is 2.33. The molecule has 188 valence electrons. The minimum absolute atomic E-state index is 0.0230. The summed E-state index contributed by atoms with van der Waals surface area (Å²) in [7, 11) is 1.62. The van der Waals surface area contributed by atoms with Gasteiger partial charge in [0.05, 0.1) is 12.0 Å². The van der Waals surface area contributed by atoms with Gasteiger partial charge in [0, 0.05) is 61.0 Å². The second-order valence-corrected chi connectivity index (χ2v) is 8.54. The molecular weight excluding hydrogens is 476 g/mol. The van der Waals surface area contributed by atoms with Crippen LogP contribution in [0.1, 0.15) is 20.9 Å². The lowest BCUT2D eigenvalue weighted by molar-refractivity contribution is -0.384. The Hall–Kier alpha value is -4.86. The van der Waals surface area contributed by atoms with Crippen LogP contribution in [0.5, 0.6) is 5.75 Å². The van der Waals surface area contributed by atoms with Crippen molar-refractivity contribution in [3.8, 4) is 5.75 Å². The summed E-state index contributed by atoms with van der Waals surface area (Å²) in [6.07, 6.45) is 0. The highest BCUT2D eigenvalue weighted by atomic mass is 16.6. The number of furan rings is 1. The van der Waals surface area contributed by atoms with Gasteiger partial charge in [0.15, 0.2) is 0 Å². The van der Waals surface area contributed by atoms with Crippen molar-refractivity contribution in [2.75, 3.05) is 43.5 Å². The molecule has 1 aliphatic rings. The summed E-state index contributed by atoms with van der Waals surface area (Å²) in [4.78, 5) is 41.0. The number of methoxy groups -OCH3 is 1. The van der Waals surface area contributed by atoms with Crippen LogP contribution in [-0.2, 0) is 0 Å². The average molecular weight is 501 g/mol. The van der Waals surface area contributed by atoms with Gasteiger partial charge in [0.1, 0.15) is 17.0 Å². The molecule has 1 saturated heterocycles. The maximum Gasteiger partial charge on any atom is 0.291 e. The van der Waals surface area contributed by atoms with Crippen LogP contribution in [-0.4, -0.2) is 54.9 Å². The number of para-hydroxylation sites is 1. The smallest absolute Gasteiger partial charge is 0.291 e. The molecule has 1 aliphatic heterocycles. The molecule has 1 aromatic heterocycles. The van der Waals surface area contributed by atoms with E-state index in [0.717, 1.165) is 11.4 Å². The van der Waals surface area contributed by atoms with Crippen LogP contribution < -0.4 is 15.0 Å². The van der Waals surface area contributed by atoms with E-state index in [2.05, 4.69) is 10.2 Å². The molecule has 0 bridgehead atoms. The molecule has 0 radical (unpaired) electrons. The summed E-state index contributed by atoms with van der Waals surface area (Å²) in [5, 5.41) is 14.5. The van der Waals surface area contributed by atoms with Crippen molar-refractivity contribution in [1.29, 1.82) is 0 Å². The number of amides is 2. The lowest BCUT2D eigenvalue weighted by Crippen LogP contribution is -2.48. The van der Waals surface area contributed by atoms with Gasteiger partial charge in [0.25, 0.3) is 17.5 Å². The SMILES string of the molecule is COc1cccc(N2CCN(C(=O)c3oc4ccccc4c3NC(=O)c3cccc([N+](=O)[O-])c3)CC2)c1. The number of hydrogen-bond acceptors (Lipinski definition) is 7. The number of nitro benzene ring substituents is 1. The monoisotopic (exact) mass is 500 g/mol. The first-order chi connectivity index (χ1) is 17.9. The lowest BCUT2D eigenvalue weighted by atomic mass is 10.1. The minimum Gasteiger partial charge on any atom is -0.497 e. The number of nitrogens with one attached hydrogen (secondary N) is 1. The number of benzene rings is 3. The summed E-state index contributed by atoms with van der Waals surface area (Å²) >= 11 is 0. The summed E-state index contributed by atoms with van der Waals surface area (Å²) in [6, 6.07) is 20.2. The number of carbonyl (C=O) groups is 2. The lowest BCUT2D eigenvalue weighted by Gasteiger charge is -2.36. The largest absolute Gasteiger partial charge is 0.497 e. The van der Waals surface area contributed by atoms with Crippen LogP contribution >= 0.6 is 0 Å². The number of nitro groups is 1. The number of rotatable bonds is 6. The van der Waals surface area contributed by atoms with Crippen LogP contribution in [0, 0.1) is 10.1 Å². The Labute approximate surface area is 212 Å². The van der Waals surface area contributed by atoms with Gasteiger partial charge >= 0.3 is 0 Å². The highest BCUT2D eigenvalue weighted by molar-refractivity contribution is 6.14. The van der Waals surface area contributed by atoms with Gasteiger partial charge < -0.3 is 24.3 Å². The molecule has 1 fully saturated rings. The maximum absolute atomic E-state index is 13.5. The van der Waals surface area contributed by atoms with Crippen molar-refractivity contribution in [1.82, 2.24) is 4.90 Å². The van der Waals surface area contributed by atoms with Crippen molar-refractivity contribution < 1.29 is 23.7 Å². The molecule has 0 spiro atoms. The first-order valence-electron chi connectivity index (χ1n) is 11.7. The zero-order chi connectivity index (χ0) is 25.9. The molecule has 4 aromatic rings. The topological polar surface area (TPSA) is 118 Å². The standard InChI is InChI=1S/C27H24N4O6/c1-36-21-9-5-7-19(17-21)29-12-14-30(15-13-29)27(33)25-24(22-10-2-3-11-23(22)37-25)28-26(32)18-6-4-8-20(16-18)31(34)35/h2-11,16-17H,12-15H2,1H3,(H,28,32). The molecule has 3 aromatic carbocycles. The van der Waals surface area contributed by atoms with Crippen molar-refractivity contribution >= 4 is 39.8 Å². The summed E-state index contributed by atoms with van der Waals surface area (Å²) in [6.45, 7) is 2.17. The number of ether oxygens (including phenoxy) is 1. The number of carbonyl (C=O) groups excluding carboxylic acids is 2. The van der Waals surface area contributed by atoms with Crippen LogP contribution in [0.15, 0.2) is 77.2 Å². The average Bonchev–Trinajstić information content (AvgIpc) is 3.31. The molecule has 5 rings (SSSR count). The number of hydrogen-bond donors (Lipinski definition) is 1. The Morgan fingerprint density at radius 1 is 0.973 bits per heavy atom. The van der Waals surface area contributed by atoms with Gasteiger partial charge in [-0.15, -0.1) is 0 Å². The molecule has 0 atom stereocenters. The normalized spacial score (nSPS) is 13.4. The Morgan fingerprint density at radius 2 is 1.73 bits per heavy atom. The molecule has 1 N–H and O–H groups in total. The predicted molar refractivity (Wildman–Crippen MR) is 138 cm³/mol. The third-order valence-corrected chi connectivity index (χ3v) is 6.33. The molecule has 2 heterocycles. The van der Waals surface area contributed by atoms with Crippen LogP contribution in [0.4, 0.5) is 17.1 Å². The Morgan fingerprint density at radius 3 is 2.49 bits per heavy atom. The van der Waals surface area contributed by atoms with E-state index in [1.165, 1.54) is 24.3 Å². The molecule has 2 amide bonds. The fraction of sp³-hybridized carbons (Fsp3) is 0.185. The van der Waals surface area contributed by atoms with Crippen molar-refractivity contribution in [3.05, 3.63) is 94.2 Å². The van der Waals surface area contributed by atoms with Gasteiger partial charge in [-0.25, -0.2) is 0 Å². The first-order valence-corrected chi connectivity index (χ1v) is 11.7. The van der Waals surface area contributed by atoms with Gasteiger partial charge in [0.2, 0.25) is 5.76 Å². The van der Waals surface area contributed by atoms with Crippen molar-refractivity contribution in [2.45, 2.75) is 0 Å². The third-order valence-electron chi connectivity index (χ3n) is 6.33. The quantitative estimate of drug-likeness (QED) is 0.304. The molecule has 0 saturated carbocycles. The molecule has 0 unspecified atom stereocenters. The van der Waals surface area contributed by atoms with Crippen LogP contribution in [0.25, 0.3) is 11.0 Å². The zero-order valence-corrected chi connectivity index (χ0v) is 20.0. The molecule has 37 heavy (non-hydrogen) atoms. The summed E-state index contributed by atoms with van der Waals surface area (Å²) < 4.78 is 11.2. The van der Waals surface area contributed by atoms with E-state index in [4.69, 9.17) is 9.15 Å². The van der Waals surface area contributed by atoms with E-state index >= 15 is 0 Å². The molecule has 10 nitrogen and oxygen atoms in total.